The van der Waals surface area contributed by atoms with E-state index in [0.717, 1.165) is 11.6 Å². The Morgan fingerprint density at radius 1 is 1.05 bits per heavy atom. The van der Waals surface area contributed by atoms with Crippen molar-refractivity contribution in [1.29, 1.82) is 0 Å². The first-order chi connectivity index (χ1) is 9.33. The summed E-state index contributed by atoms with van der Waals surface area (Å²) < 4.78 is 0. The summed E-state index contributed by atoms with van der Waals surface area (Å²) in [6.45, 7) is 8.11. The van der Waals surface area contributed by atoms with Gasteiger partial charge in [0.25, 0.3) is 0 Å². The smallest absolute Gasteiger partial charge is 0.00820 e. The van der Waals surface area contributed by atoms with Crippen LogP contribution < -0.4 is 10.4 Å². The van der Waals surface area contributed by atoms with E-state index < -0.39 is 0 Å². The summed E-state index contributed by atoms with van der Waals surface area (Å²) >= 11 is 0. The van der Waals surface area contributed by atoms with Gasteiger partial charge in [-0.15, -0.1) is 0 Å². The first-order valence-corrected chi connectivity index (χ1v) is 6.51. The molecule has 0 heterocycles. The molecule has 0 amide bonds. The molecule has 0 fully saturated rings. The van der Waals surface area contributed by atoms with Gasteiger partial charge >= 0.3 is 0 Å². The minimum atomic E-state index is 0.958. The van der Waals surface area contributed by atoms with Crippen LogP contribution >= 0.6 is 0 Å². The number of hydrogen-bond donors (Lipinski definition) is 0. The Kier molecular flexibility index (Phi) is 2.92. The zero-order valence-electron chi connectivity index (χ0n) is 10.9. The van der Waals surface area contributed by atoms with Gasteiger partial charge in [-0.2, -0.15) is 0 Å². The zero-order chi connectivity index (χ0) is 13.2. The number of benzene rings is 2. The highest BCUT2D eigenvalue weighted by atomic mass is 14.1. The lowest BCUT2D eigenvalue weighted by Gasteiger charge is -2.10. The molecule has 0 unspecified atom stereocenters. The molecule has 1 aliphatic carbocycles. The maximum Gasteiger partial charge on any atom is -0.00820 e. The highest BCUT2D eigenvalue weighted by Gasteiger charge is 2.09. The first-order valence-electron chi connectivity index (χ1n) is 6.51. The van der Waals surface area contributed by atoms with Gasteiger partial charge in [-0.3, -0.25) is 0 Å². The van der Waals surface area contributed by atoms with Crippen molar-refractivity contribution >= 4 is 29.5 Å². The third kappa shape index (κ3) is 1.86. The van der Waals surface area contributed by atoms with Crippen molar-refractivity contribution in [3.05, 3.63) is 76.7 Å². The van der Waals surface area contributed by atoms with Crippen molar-refractivity contribution in [2.45, 2.75) is 6.42 Å². The van der Waals surface area contributed by atoms with Gasteiger partial charge in [0, 0.05) is 0 Å². The number of hydrogen-bond acceptors (Lipinski definition) is 0. The van der Waals surface area contributed by atoms with Crippen LogP contribution in [-0.4, -0.2) is 0 Å². The molecular weight excluding hydrogens is 228 g/mol. The van der Waals surface area contributed by atoms with Crippen molar-refractivity contribution in [2.24, 2.45) is 0 Å². The van der Waals surface area contributed by atoms with Crippen LogP contribution in [0.5, 0.6) is 0 Å². The molecular formula is C19H16. The lowest BCUT2D eigenvalue weighted by molar-refractivity contribution is 1.28. The fourth-order valence-corrected chi connectivity index (χ4v) is 2.76. The second kappa shape index (κ2) is 4.74. The maximum atomic E-state index is 4.29. The van der Waals surface area contributed by atoms with E-state index in [9.17, 15) is 0 Å². The Morgan fingerprint density at radius 3 is 2.63 bits per heavy atom. The van der Waals surface area contributed by atoms with Crippen molar-refractivity contribution in [3.63, 3.8) is 0 Å². The second-order valence-corrected chi connectivity index (χ2v) is 4.72. The van der Waals surface area contributed by atoms with Gasteiger partial charge < -0.3 is 0 Å². The van der Waals surface area contributed by atoms with E-state index in [-0.39, 0.29) is 0 Å². The van der Waals surface area contributed by atoms with Crippen LogP contribution in [0.4, 0.5) is 0 Å². The van der Waals surface area contributed by atoms with Crippen LogP contribution in [-0.2, 0) is 6.42 Å². The van der Waals surface area contributed by atoms with Crippen LogP contribution in [0.25, 0.3) is 29.5 Å². The molecule has 92 valence electrons. The molecule has 0 radical (unpaired) electrons. The minimum absolute atomic E-state index is 0.958. The van der Waals surface area contributed by atoms with E-state index in [0.29, 0.717) is 0 Å². The Labute approximate surface area is 113 Å². The van der Waals surface area contributed by atoms with Crippen LogP contribution in [0.15, 0.2) is 55.1 Å². The number of allylic oxidation sites excluding steroid dienone is 4. The van der Waals surface area contributed by atoms with E-state index in [1.807, 2.05) is 6.08 Å². The average Bonchev–Trinajstić information content (AvgIpc) is 2.69. The standard InChI is InChI=1S/C19H16/c1-3-9-15-14(2)16-10-5-4-6-11-18(16)19-13-8-7-12-17(15)19/h3-10,12-13H,1-2,11H2/b15-9+. The van der Waals surface area contributed by atoms with Crippen LogP contribution in [0.3, 0.4) is 0 Å². The quantitative estimate of drug-likeness (QED) is 0.721. The average molecular weight is 244 g/mol. The molecule has 2 aromatic rings. The molecule has 0 bridgehead atoms. The Balaban J connectivity index is 2.60. The van der Waals surface area contributed by atoms with Crippen LogP contribution in [0, 0.1) is 0 Å². The summed E-state index contributed by atoms with van der Waals surface area (Å²) in [6, 6.07) is 8.54. The fraction of sp³-hybridized carbons (Fsp3) is 0.0526. The van der Waals surface area contributed by atoms with Gasteiger partial charge in [0.15, 0.2) is 0 Å². The lowest BCUT2D eigenvalue weighted by atomic mass is 9.93. The SMILES string of the molecule is C=C/C=c1\c(=C)c2c(c3ccccc13)CC=CC=C2. The normalized spacial score (nSPS) is 14.4. The molecule has 19 heavy (non-hydrogen) atoms. The molecule has 1 aliphatic rings. The van der Waals surface area contributed by atoms with Gasteiger partial charge in [0.2, 0.25) is 0 Å². The van der Waals surface area contributed by atoms with Crippen molar-refractivity contribution in [2.75, 3.05) is 0 Å². The van der Waals surface area contributed by atoms with Crippen molar-refractivity contribution in [1.82, 2.24) is 0 Å². The topological polar surface area (TPSA) is 0 Å². The molecule has 0 saturated heterocycles. The molecule has 3 rings (SSSR count). The third-order valence-corrected chi connectivity index (χ3v) is 3.63. The summed E-state index contributed by atoms with van der Waals surface area (Å²) in [6.07, 6.45) is 13.4. The first kappa shape index (κ1) is 11.7. The molecule has 0 aromatic heterocycles. The number of rotatable bonds is 1. The minimum Gasteiger partial charge on any atom is -0.0990 e. The maximum absolute atomic E-state index is 4.29. The highest BCUT2D eigenvalue weighted by Crippen LogP contribution is 2.21. The molecule has 0 heteroatoms. The summed E-state index contributed by atoms with van der Waals surface area (Å²) in [7, 11) is 0. The van der Waals surface area contributed by atoms with E-state index >= 15 is 0 Å². The van der Waals surface area contributed by atoms with Gasteiger partial charge in [0.05, 0.1) is 0 Å². The summed E-state index contributed by atoms with van der Waals surface area (Å²) in [5, 5.41) is 4.84. The van der Waals surface area contributed by atoms with Gasteiger partial charge in [0.1, 0.15) is 0 Å². The van der Waals surface area contributed by atoms with E-state index in [1.54, 1.807) is 0 Å². The van der Waals surface area contributed by atoms with Gasteiger partial charge in [-0.25, -0.2) is 0 Å². The van der Waals surface area contributed by atoms with Gasteiger partial charge in [-0.05, 0) is 38.8 Å². The number of fused-ring (bicyclic) bond motifs is 3. The summed E-state index contributed by atoms with van der Waals surface area (Å²) in [5.41, 5.74) is 2.61. The Hall–Kier alpha value is -2.34. The third-order valence-electron chi connectivity index (χ3n) is 3.63. The molecule has 0 aliphatic heterocycles. The van der Waals surface area contributed by atoms with Gasteiger partial charge in [-0.1, -0.05) is 73.9 Å². The van der Waals surface area contributed by atoms with E-state index in [4.69, 9.17) is 0 Å². The summed E-state index contributed by atoms with van der Waals surface area (Å²) in [5.74, 6) is 0. The molecule has 0 atom stereocenters. The molecule has 2 aromatic carbocycles. The van der Waals surface area contributed by atoms with E-state index in [2.05, 4.69) is 67.8 Å². The van der Waals surface area contributed by atoms with Crippen LogP contribution in [0.2, 0.25) is 0 Å². The predicted octanol–water partition coefficient (Wildman–Crippen LogP) is 3.34. The molecule has 0 saturated carbocycles. The summed E-state index contributed by atoms with van der Waals surface area (Å²) in [4.78, 5) is 0. The highest BCUT2D eigenvalue weighted by molar-refractivity contribution is 5.90. The van der Waals surface area contributed by atoms with Crippen molar-refractivity contribution < 1.29 is 0 Å². The van der Waals surface area contributed by atoms with E-state index in [1.165, 1.54) is 27.1 Å². The molecule has 0 N–H and O–H groups in total. The predicted molar refractivity (Wildman–Crippen MR) is 85.3 cm³/mol. The second-order valence-electron chi connectivity index (χ2n) is 4.72. The largest absolute Gasteiger partial charge is 0.0990 e. The fourth-order valence-electron chi connectivity index (χ4n) is 2.76. The monoisotopic (exact) mass is 244 g/mol. The van der Waals surface area contributed by atoms with Crippen LogP contribution in [0.1, 0.15) is 11.1 Å². The lowest BCUT2D eigenvalue weighted by Crippen LogP contribution is -2.28. The Bertz CT molecular complexity index is 817. The van der Waals surface area contributed by atoms with Crippen molar-refractivity contribution in [3.8, 4) is 0 Å². The Morgan fingerprint density at radius 2 is 1.84 bits per heavy atom. The molecule has 0 nitrogen and oxygen atoms in total. The molecule has 0 spiro atoms. The zero-order valence-corrected chi connectivity index (χ0v) is 10.9.